The molecule has 11 nitrogen and oxygen atoms in total. The van der Waals surface area contributed by atoms with Gasteiger partial charge in [-0.05, 0) is 33.5 Å². The summed E-state index contributed by atoms with van der Waals surface area (Å²) in [4.78, 5) is 28.7. The van der Waals surface area contributed by atoms with Gasteiger partial charge >= 0.3 is 0 Å². The quantitative estimate of drug-likeness (QED) is 0.264. The van der Waals surface area contributed by atoms with Crippen molar-refractivity contribution in [1.29, 1.82) is 0 Å². The Morgan fingerprint density at radius 3 is 2.31 bits per heavy atom. The monoisotopic (exact) mass is 543 g/mol. The van der Waals surface area contributed by atoms with Gasteiger partial charge in [0.15, 0.2) is 12.1 Å². The number of rotatable bonds is 4. The van der Waals surface area contributed by atoms with E-state index in [0.717, 1.165) is 0 Å². The minimum atomic E-state index is -1.75. The Morgan fingerprint density at radius 2 is 1.67 bits per heavy atom. The molecule has 2 aromatic rings. The summed E-state index contributed by atoms with van der Waals surface area (Å²) in [5, 5.41) is 66.4. The Bertz CT molecular complexity index is 1360. The summed E-state index contributed by atoms with van der Waals surface area (Å²) < 4.78 is 12.1. The molecule has 1 aliphatic heterocycles. The predicted octanol–water partition coefficient (Wildman–Crippen LogP) is 1.64. The van der Waals surface area contributed by atoms with Gasteiger partial charge in [-0.25, -0.2) is 0 Å². The number of ketones is 2. The maximum absolute atomic E-state index is 13.5. The molecule has 0 spiro atoms. The Morgan fingerprint density at radius 1 is 1.03 bits per heavy atom. The lowest BCUT2D eigenvalue weighted by Gasteiger charge is -2.47. The summed E-state index contributed by atoms with van der Waals surface area (Å²) in [6.45, 7) is 3.34. The summed E-state index contributed by atoms with van der Waals surface area (Å²) in [5.41, 5.74) is -3.73. The standard InChI is InChI=1S/C28H33NO10/c1-5-28(37)10-15(31)18-21(27(28)39-16-9-13(29(3)4)22(32)11(2)38-16)26(36)19-20(25(18)35)24(34)17-12(23(19)33)7-6-8-14(17)30/h6-8,11,13,15-16,22,27,30-32,35-37H,5,9-10H2,1-4H3/t11-,13-,15-,16-,22+,27-,28+/m1/s1. The number of hydrogen-bond acceptors (Lipinski definition) is 11. The minimum Gasteiger partial charge on any atom is -0.507 e. The molecule has 210 valence electrons. The van der Waals surface area contributed by atoms with Crippen molar-refractivity contribution in [2.45, 2.75) is 75.5 Å². The molecule has 0 unspecified atom stereocenters. The number of aromatic hydroxyl groups is 3. The molecule has 0 bridgehead atoms. The fourth-order valence-corrected chi connectivity index (χ4v) is 6.15. The highest BCUT2D eigenvalue weighted by atomic mass is 16.7. The molecule has 0 saturated carbocycles. The molecule has 1 saturated heterocycles. The number of phenolic OH excluding ortho intramolecular Hbond substituents is 3. The Hall–Kier alpha value is -3.06. The third kappa shape index (κ3) is 4.03. The van der Waals surface area contributed by atoms with Crippen molar-refractivity contribution in [3.05, 3.63) is 51.6 Å². The van der Waals surface area contributed by atoms with Crippen LogP contribution in [0.1, 0.15) is 88.3 Å². The molecular formula is C28H33NO10. The van der Waals surface area contributed by atoms with Crippen LogP contribution in [0.4, 0.5) is 0 Å². The zero-order valence-electron chi connectivity index (χ0n) is 22.1. The highest BCUT2D eigenvalue weighted by Crippen LogP contribution is 2.56. The number of phenols is 3. The number of aliphatic hydroxyl groups is 3. The first-order valence-corrected chi connectivity index (χ1v) is 12.9. The summed E-state index contributed by atoms with van der Waals surface area (Å²) >= 11 is 0. The first-order valence-electron chi connectivity index (χ1n) is 12.9. The van der Waals surface area contributed by atoms with Gasteiger partial charge in [-0.1, -0.05) is 19.1 Å². The van der Waals surface area contributed by atoms with E-state index in [1.165, 1.54) is 18.2 Å². The summed E-state index contributed by atoms with van der Waals surface area (Å²) in [6, 6.07) is 3.58. The molecular weight excluding hydrogens is 510 g/mol. The normalized spacial score (nSPS) is 32.1. The van der Waals surface area contributed by atoms with E-state index in [2.05, 4.69) is 0 Å². The molecule has 6 N–H and O–H groups in total. The molecule has 0 aromatic heterocycles. The van der Waals surface area contributed by atoms with Crippen LogP contribution < -0.4 is 0 Å². The third-order valence-electron chi connectivity index (χ3n) is 8.36. The van der Waals surface area contributed by atoms with Crippen molar-refractivity contribution in [1.82, 2.24) is 4.90 Å². The topological polar surface area (TPSA) is 177 Å². The number of aliphatic hydroxyl groups excluding tert-OH is 2. The number of benzene rings is 2. The molecule has 3 aliphatic rings. The van der Waals surface area contributed by atoms with E-state index in [4.69, 9.17) is 9.47 Å². The minimum absolute atomic E-state index is 0.0665. The van der Waals surface area contributed by atoms with Gasteiger partial charge in [-0.2, -0.15) is 0 Å². The largest absolute Gasteiger partial charge is 0.507 e. The van der Waals surface area contributed by atoms with E-state index in [-0.39, 0.29) is 47.6 Å². The summed E-state index contributed by atoms with van der Waals surface area (Å²) in [6.07, 6.45) is -5.33. The molecule has 1 heterocycles. The van der Waals surface area contributed by atoms with Crippen LogP contribution in [-0.4, -0.2) is 91.3 Å². The van der Waals surface area contributed by atoms with Gasteiger partial charge in [-0.15, -0.1) is 0 Å². The summed E-state index contributed by atoms with van der Waals surface area (Å²) in [5.74, 6) is -3.61. The second kappa shape index (κ2) is 9.54. The lowest BCUT2D eigenvalue weighted by Crippen LogP contribution is -2.54. The fourth-order valence-electron chi connectivity index (χ4n) is 6.15. The molecule has 0 amide bonds. The maximum atomic E-state index is 13.5. The fraction of sp³-hybridized carbons (Fsp3) is 0.500. The van der Waals surface area contributed by atoms with Crippen molar-refractivity contribution in [2.24, 2.45) is 0 Å². The van der Waals surface area contributed by atoms with Crippen LogP contribution in [0.15, 0.2) is 18.2 Å². The average Bonchev–Trinajstić information content (AvgIpc) is 2.87. The van der Waals surface area contributed by atoms with E-state index in [9.17, 15) is 40.2 Å². The first kappa shape index (κ1) is 27.5. The van der Waals surface area contributed by atoms with Gasteiger partial charge in [0.05, 0.1) is 40.6 Å². The number of fused-ring (bicyclic) bond motifs is 3. The van der Waals surface area contributed by atoms with Crippen LogP contribution in [0.5, 0.6) is 17.2 Å². The lowest BCUT2D eigenvalue weighted by atomic mass is 9.70. The second-order valence-electron chi connectivity index (χ2n) is 10.9. The molecule has 5 rings (SSSR count). The van der Waals surface area contributed by atoms with E-state index in [1.807, 2.05) is 4.90 Å². The Labute approximate surface area is 224 Å². The number of likely N-dealkylation sites (N-methyl/N-ethyl adjacent to an activating group) is 1. The van der Waals surface area contributed by atoms with Gasteiger partial charge < -0.3 is 45.0 Å². The van der Waals surface area contributed by atoms with Gasteiger partial charge in [0.2, 0.25) is 5.78 Å². The molecule has 1 fully saturated rings. The van der Waals surface area contributed by atoms with Crippen LogP contribution in [0.3, 0.4) is 0 Å². The molecule has 2 aliphatic carbocycles. The molecule has 7 atom stereocenters. The molecule has 0 radical (unpaired) electrons. The smallest absolute Gasteiger partial charge is 0.202 e. The van der Waals surface area contributed by atoms with E-state index < -0.39 is 76.2 Å². The van der Waals surface area contributed by atoms with Crippen LogP contribution in [-0.2, 0) is 9.47 Å². The van der Waals surface area contributed by atoms with Gasteiger partial charge in [0, 0.05) is 35.6 Å². The number of carbonyl (C=O) groups excluding carboxylic acids is 2. The Balaban J connectivity index is 1.68. The predicted molar refractivity (Wildman–Crippen MR) is 136 cm³/mol. The van der Waals surface area contributed by atoms with Crippen LogP contribution in [0, 0.1) is 0 Å². The maximum Gasteiger partial charge on any atom is 0.202 e. The van der Waals surface area contributed by atoms with Crippen molar-refractivity contribution in [3.63, 3.8) is 0 Å². The number of ether oxygens (including phenoxy) is 2. The second-order valence-corrected chi connectivity index (χ2v) is 10.9. The highest BCUT2D eigenvalue weighted by Gasteiger charge is 2.52. The number of carbonyl (C=O) groups is 2. The van der Waals surface area contributed by atoms with Gasteiger partial charge in [0.1, 0.15) is 23.4 Å². The number of hydrogen-bond donors (Lipinski definition) is 6. The van der Waals surface area contributed by atoms with Gasteiger partial charge in [-0.3, -0.25) is 9.59 Å². The summed E-state index contributed by atoms with van der Waals surface area (Å²) in [7, 11) is 3.60. The van der Waals surface area contributed by atoms with Crippen molar-refractivity contribution < 1.29 is 49.7 Å². The molecule has 2 aromatic carbocycles. The lowest BCUT2D eigenvalue weighted by molar-refractivity contribution is -0.279. The van der Waals surface area contributed by atoms with Crippen LogP contribution >= 0.6 is 0 Å². The highest BCUT2D eigenvalue weighted by molar-refractivity contribution is 6.31. The van der Waals surface area contributed by atoms with E-state index >= 15 is 0 Å². The van der Waals surface area contributed by atoms with Crippen molar-refractivity contribution in [3.8, 4) is 17.2 Å². The zero-order valence-corrected chi connectivity index (χ0v) is 22.1. The van der Waals surface area contributed by atoms with Gasteiger partial charge in [0.25, 0.3) is 0 Å². The van der Waals surface area contributed by atoms with E-state index in [0.29, 0.717) is 0 Å². The van der Waals surface area contributed by atoms with Crippen LogP contribution in [0.2, 0.25) is 0 Å². The average molecular weight is 544 g/mol. The van der Waals surface area contributed by atoms with Crippen molar-refractivity contribution >= 4 is 11.6 Å². The third-order valence-corrected chi connectivity index (χ3v) is 8.36. The zero-order chi connectivity index (χ0) is 28.5. The molecule has 39 heavy (non-hydrogen) atoms. The first-order chi connectivity index (χ1) is 18.3. The SMILES string of the molecule is CC[C@]1(O)C[C@@H](O)c2c(O)c3c(c(O)c2[C@H]1O[C@@H]1C[C@@H](N(C)C)[C@@H](O)[C@@H](C)O1)C(=O)c1cccc(O)c1C3=O. The number of nitrogens with zero attached hydrogens (tertiary/aromatic N) is 1. The van der Waals surface area contributed by atoms with Crippen LogP contribution in [0.25, 0.3) is 0 Å². The molecule has 11 heteroatoms. The Kier molecular flexibility index (Phi) is 6.73. The van der Waals surface area contributed by atoms with E-state index in [1.54, 1.807) is 27.9 Å². The van der Waals surface area contributed by atoms with Crippen molar-refractivity contribution in [2.75, 3.05) is 14.1 Å².